The number of hydrogen-bond acceptors (Lipinski definition) is 3. The summed E-state index contributed by atoms with van der Waals surface area (Å²) >= 11 is 13.9. The lowest BCUT2D eigenvalue weighted by molar-refractivity contribution is 0.513. The molecule has 0 saturated heterocycles. The summed E-state index contributed by atoms with van der Waals surface area (Å²) < 4.78 is 4.94. The number of aryl methyl sites for hydroxylation is 2. The first-order chi connectivity index (χ1) is 24.2. The van der Waals surface area contributed by atoms with Crippen LogP contribution in [0.1, 0.15) is 25.0 Å². The number of hydrogen-bond donors (Lipinski definition) is 0. The summed E-state index contributed by atoms with van der Waals surface area (Å²) in [5.41, 5.74) is 12.1. The minimum absolute atomic E-state index is 0.893. The molecule has 0 spiro atoms. The van der Waals surface area contributed by atoms with E-state index in [2.05, 4.69) is 170 Å². The Morgan fingerprint density at radius 1 is 0.580 bits per heavy atom. The van der Waals surface area contributed by atoms with Crippen LogP contribution in [0.25, 0.3) is 38.6 Å². The molecule has 0 saturated carbocycles. The van der Waals surface area contributed by atoms with Crippen LogP contribution in [0.5, 0.6) is 0 Å². The van der Waals surface area contributed by atoms with Crippen molar-refractivity contribution in [2.75, 3.05) is 24.7 Å². The first kappa shape index (κ1) is 32.1. The van der Waals surface area contributed by atoms with Gasteiger partial charge in [-0.05, 0) is 92.3 Å². The molecular weight excluding hydrogens is 685 g/mol. The minimum atomic E-state index is -2.41. The van der Waals surface area contributed by atoms with Gasteiger partial charge in [-0.15, -0.1) is 0 Å². The zero-order valence-corrected chi connectivity index (χ0v) is 32.4. The number of anilines is 3. The van der Waals surface area contributed by atoms with Gasteiger partial charge in [0.05, 0.1) is 34.3 Å². The van der Waals surface area contributed by atoms with Gasteiger partial charge < -0.3 is 9.47 Å². The summed E-state index contributed by atoms with van der Waals surface area (Å²) in [7, 11) is 0. The molecule has 0 bridgehead atoms. The summed E-state index contributed by atoms with van der Waals surface area (Å²) in [5, 5.41) is 7.66. The molecule has 1 aromatic heterocycles. The Labute approximate surface area is 305 Å². The lowest BCUT2D eigenvalue weighted by Gasteiger charge is -2.48. The molecule has 0 aliphatic carbocycles. The van der Waals surface area contributed by atoms with Crippen LogP contribution in [0.2, 0.25) is 0 Å². The number of aromatic nitrogens is 1. The van der Waals surface area contributed by atoms with Crippen molar-refractivity contribution < 1.29 is 0 Å². The Morgan fingerprint density at radius 3 is 1.72 bits per heavy atom. The van der Waals surface area contributed by atoms with Crippen LogP contribution in [0.15, 0.2) is 121 Å². The van der Waals surface area contributed by atoms with E-state index in [-0.39, 0.29) is 0 Å². The first-order valence-corrected chi connectivity index (χ1v) is 23.4. The second kappa shape index (κ2) is 11.6. The van der Waals surface area contributed by atoms with Gasteiger partial charge in [-0.3, -0.25) is 4.67 Å². The zero-order valence-electron chi connectivity index (χ0n) is 29.0. The smallest absolute Gasteiger partial charge is 0.0751 e. The number of rotatable bonds is 5. The number of para-hydroxylation sites is 2. The highest BCUT2D eigenvalue weighted by molar-refractivity contribution is 8.22. The van der Waals surface area contributed by atoms with Crippen LogP contribution < -0.4 is 26.1 Å². The fraction of sp³-hybridized carbons (Fsp3) is 0.163. The molecule has 2 unspecified atom stereocenters. The fourth-order valence-electron chi connectivity index (χ4n) is 8.35. The van der Waals surface area contributed by atoms with Crippen molar-refractivity contribution in [3.8, 4) is 16.8 Å². The van der Waals surface area contributed by atoms with Gasteiger partial charge in [0.15, 0.2) is 0 Å². The van der Waals surface area contributed by atoms with Gasteiger partial charge in [-0.1, -0.05) is 109 Å². The van der Waals surface area contributed by atoms with Gasteiger partial charge in [0.2, 0.25) is 0 Å². The maximum absolute atomic E-state index is 7.08. The highest BCUT2D eigenvalue weighted by Crippen LogP contribution is 2.62. The van der Waals surface area contributed by atoms with Gasteiger partial charge in [-0.25, -0.2) is 0 Å². The molecular formula is C43H39N3P2S2. The van der Waals surface area contributed by atoms with Crippen LogP contribution in [0, 0.1) is 13.8 Å². The van der Waals surface area contributed by atoms with Crippen LogP contribution in [-0.4, -0.2) is 29.0 Å². The summed E-state index contributed by atoms with van der Waals surface area (Å²) in [6, 6.07) is 42.9. The fourth-order valence-corrected chi connectivity index (χ4v) is 16.5. The van der Waals surface area contributed by atoms with Gasteiger partial charge >= 0.3 is 0 Å². The summed E-state index contributed by atoms with van der Waals surface area (Å²) in [5.74, 6) is 0. The van der Waals surface area contributed by atoms with Crippen LogP contribution >= 0.6 is 12.2 Å². The average Bonchev–Trinajstić information content (AvgIpc) is 3.47. The number of benzene rings is 6. The van der Waals surface area contributed by atoms with E-state index in [4.69, 9.17) is 23.6 Å². The van der Waals surface area contributed by atoms with Crippen molar-refractivity contribution in [2.24, 2.45) is 0 Å². The standard InChI is InChI=1S/C43H39N3P2S2/c1-6-44(7-2)48(50)40-25-29(4)17-23-38(40)46-37-22-16-28(3)24-39(37)47(5,49)41-26-31(27-42(48)43(41)46)30-18-20-32(21-19-30)45-35-14-10-8-12-33(35)34-13-9-11-15-36(34)45/h8-27H,6-7H2,1-5H3. The Hall–Kier alpha value is -3.82. The quantitative estimate of drug-likeness (QED) is 0.164. The van der Waals surface area contributed by atoms with Crippen molar-refractivity contribution in [3.05, 3.63) is 132 Å². The maximum Gasteiger partial charge on any atom is 0.0751 e. The summed E-state index contributed by atoms with van der Waals surface area (Å²) in [6.45, 7) is 13.0. The molecule has 0 radical (unpaired) electrons. The predicted octanol–water partition coefficient (Wildman–Crippen LogP) is 9.91. The van der Waals surface area contributed by atoms with Crippen molar-refractivity contribution in [1.29, 1.82) is 0 Å². The molecule has 3 heterocycles. The largest absolute Gasteiger partial charge is 0.309 e. The van der Waals surface area contributed by atoms with Crippen LogP contribution in [-0.2, 0) is 23.6 Å². The first-order valence-electron chi connectivity index (χ1n) is 17.4. The van der Waals surface area contributed by atoms with E-state index in [0.717, 1.165) is 18.8 Å². The van der Waals surface area contributed by atoms with E-state index < -0.39 is 12.2 Å². The molecule has 2 atom stereocenters. The van der Waals surface area contributed by atoms with E-state index in [1.54, 1.807) is 0 Å². The molecule has 50 heavy (non-hydrogen) atoms. The van der Waals surface area contributed by atoms with Gasteiger partial charge in [-0.2, -0.15) is 0 Å². The molecule has 2 aliphatic heterocycles. The Kier molecular flexibility index (Phi) is 7.45. The lowest BCUT2D eigenvalue weighted by Crippen LogP contribution is -2.45. The van der Waals surface area contributed by atoms with Crippen LogP contribution in [0.3, 0.4) is 0 Å². The molecule has 6 aromatic carbocycles. The van der Waals surface area contributed by atoms with Crippen molar-refractivity contribution >= 4 is 95.9 Å². The number of fused-ring (bicyclic) bond motifs is 7. The van der Waals surface area contributed by atoms with Gasteiger partial charge in [0.1, 0.15) is 0 Å². The third kappa shape index (κ3) is 4.44. The third-order valence-corrected chi connectivity index (χ3v) is 19.7. The van der Waals surface area contributed by atoms with E-state index in [1.165, 1.54) is 82.3 Å². The van der Waals surface area contributed by atoms with Gasteiger partial charge in [0, 0.05) is 56.8 Å². The second-order valence-corrected chi connectivity index (χ2v) is 23.0. The Morgan fingerprint density at radius 2 is 1.12 bits per heavy atom. The maximum atomic E-state index is 7.08. The second-order valence-electron chi connectivity index (χ2n) is 13.7. The molecule has 7 aromatic rings. The lowest BCUT2D eigenvalue weighted by atomic mass is 10.0. The average molecular weight is 724 g/mol. The van der Waals surface area contributed by atoms with Gasteiger partial charge in [0.25, 0.3) is 0 Å². The highest BCUT2D eigenvalue weighted by atomic mass is 32.4. The Bertz CT molecular complexity index is 2580. The Balaban J connectivity index is 1.30. The topological polar surface area (TPSA) is 11.4 Å². The minimum Gasteiger partial charge on any atom is -0.309 e. The third-order valence-electron chi connectivity index (χ3n) is 10.8. The molecule has 248 valence electrons. The molecule has 9 rings (SSSR count). The normalized spacial score (nSPS) is 19.1. The SMILES string of the molecule is CCN(CC)P1(=S)c2cc(C)ccc2N2c3ccc(C)cc3P(C)(=S)c3cc(-c4ccc(-n5c6ccccc6c6ccccc65)cc4)cc1c32. The van der Waals surface area contributed by atoms with Crippen LogP contribution in [0.4, 0.5) is 17.1 Å². The zero-order chi connectivity index (χ0) is 34.5. The highest BCUT2D eigenvalue weighted by Gasteiger charge is 2.45. The van der Waals surface area contributed by atoms with Crippen molar-refractivity contribution in [1.82, 2.24) is 9.24 Å². The molecule has 3 nitrogen and oxygen atoms in total. The van der Waals surface area contributed by atoms with Crippen molar-refractivity contribution in [2.45, 2.75) is 27.7 Å². The van der Waals surface area contributed by atoms with Crippen molar-refractivity contribution in [3.63, 3.8) is 0 Å². The summed E-state index contributed by atoms with van der Waals surface area (Å²) in [4.78, 5) is 2.51. The molecule has 0 fully saturated rings. The van der Waals surface area contributed by atoms with E-state index in [1.807, 2.05) is 0 Å². The number of nitrogens with zero attached hydrogens (tertiary/aromatic N) is 3. The summed E-state index contributed by atoms with van der Waals surface area (Å²) in [6.07, 6.45) is -2.41. The monoisotopic (exact) mass is 723 g/mol. The van der Waals surface area contributed by atoms with E-state index >= 15 is 0 Å². The molecule has 0 amide bonds. The molecule has 7 heteroatoms. The van der Waals surface area contributed by atoms with E-state index in [9.17, 15) is 0 Å². The van der Waals surface area contributed by atoms with E-state index in [0.29, 0.717) is 0 Å². The predicted molar refractivity (Wildman–Crippen MR) is 226 cm³/mol. The molecule has 0 N–H and O–H groups in total. The molecule has 2 aliphatic rings.